The molecule has 2 saturated heterocycles. The van der Waals surface area contributed by atoms with E-state index in [1.165, 1.54) is 6.42 Å². The van der Waals surface area contributed by atoms with Crippen LogP contribution in [-0.2, 0) is 25.5 Å². The summed E-state index contributed by atoms with van der Waals surface area (Å²) in [5.41, 5.74) is 1.87. The summed E-state index contributed by atoms with van der Waals surface area (Å²) in [7, 11) is 3.24. The first-order valence-electron chi connectivity index (χ1n) is 19.7. The number of hydrogen-bond acceptors (Lipinski definition) is 9. The Kier molecular flexibility index (Phi) is 15.5. The first kappa shape index (κ1) is 39.9. The van der Waals surface area contributed by atoms with E-state index in [9.17, 15) is 14.7 Å². The van der Waals surface area contributed by atoms with Gasteiger partial charge in [0.25, 0.3) is 0 Å². The van der Waals surface area contributed by atoms with Gasteiger partial charge < -0.3 is 33.7 Å². The zero-order chi connectivity index (χ0) is 36.9. The minimum absolute atomic E-state index is 0.0840. The number of morpholine rings is 1. The van der Waals surface area contributed by atoms with Gasteiger partial charge in [-0.1, -0.05) is 51.3 Å². The molecule has 10 heteroatoms. The highest BCUT2D eigenvalue weighted by atomic mass is 16.5. The van der Waals surface area contributed by atoms with Crippen LogP contribution in [0.4, 0.5) is 0 Å². The average Bonchev–Trinajstić information content (AvgIpc) is 3.17. The molecule has 0 radical (unpaired) electrons. The van der Waals surface area contributed by atoms with Crippen LogP contribution in [0.2, 0.25) is 0 Å². The van der Waals surface area contributed by atoms with Crippen LogP contribution in [0.15, 0.2) is 42.5 Å². The number of hydrogen-bond donors (Lipinski definition) is 1. The number of aliphatic hydroxyl groups is 1. The summed E-state index contributed by atoms with van der Waals surface area (Å²) in [6.07, 6.45) is 7.85. The number of aryl methyl sites for hydroxylation is 1. The smallest absolute Gasteiger partial charge is 0.329 e. The Balaban J connectivity index is 1.35. The number of likely N-dealkylation sites (tertiary alicyclic amines) is 1. The fourth-order valence-electron chi connectivity index (χ4n) is 8.20. The van der Waals surface area contributed by atoms with E-state index in [0.29, 0.717) is 50.3 Å². The maximum Gasteiger partial charge on any atom is 0.329 e. The van der Waals surface area contributed by atoms with E-state index in [1.54, 1.807) is 19.1 Å². The van der Waals surface area contributed by atoms with Crippen LogP contribution in [0.3, 0.4) is 0 Å². The Bertz CT molecular complexity index is 1410. The van der Waals surface area contributed by atoms with E-state index < -0.39 is 24.2 Å². The first-order chi connectivity index (χ1) is 25.3. The molecular formula is C42H62N2O8. The van der Waals surface area contributed by atoms with Gasteiger partial charge in [0.05, 0.1) is 39.5 Å². The molecule has 0 spiro atoms. The Morgan fingerprint density at radius 1 is 0.904 bits per heavy atom. The molecule has 10 nitrogen and oxygen atoms in total. The van der Waals surface area contributed by atoms with Gasteiger partial charge in [-0.25, -0.2) is 4.79 Å². The number of piperidine rings is 1. The zero-order valence-electron chi connectivity index (χ0n) is 31.9. The van der Waals surface area contributed by atoms with Crippen LogP contribution in [0.5, 0.6) is 17.2 Å². The SMILES string of the molecule is COc1ccc(CC[C@@H](OC(=O)C2CCCCN2C(=O)[C@@H](C2CCCCC2)[C@H](O)CC(C)C)c2cccc(OCCN3CCOCC3)c2)cc1OC. The van der Waals surface area contributed by atoms with Gasteiger partial charge in [-0.05, 0) is 98.6 Å². The number of benzene rings is 2. The van der Waals surface area contributed by atoms with Gasteiger partial charge in [0.15, 0.2) is 11.5 Å². The monoisotopic (exact) mass is 722 g/mol. The van der Waals surface area contributed by atoms with Crippen LogP contribution < -0.4 is 14.2 Å². The molecule has 4 atom stereocenters. The van der Waals surface area contributed by atoms with Crippen molar-refractivity contribution in [3.63, 3.8) is 0 Å². The molecule has 52 heavy (non-hydrogen) atoms. The molecule has 3 fully saturated rings. The number of ether oxygens (including phenoxy) is 5. The molecular weight excluding hydrogens is 660 g/mol. The van der Waals surface area contributed by atoms with Crippen molar-refractivity contribution in [2.75, 3.05) is 60.2 Å². The predicted octanol–water partition coefficient (Wildman–Crippen LogP) is 6.62. The summed E-state index contributed by atoms with van der Waals surface area (Å²) in [6, 6.07) is 13.0. The van der Waals surface area contributed by atoms with E-state index in [1.807, 2.05) is 42.5 Å². The normalized spacial score (nSPS) is 20.6. The third kappa shape index (κ3) is 11.1. The predicted molar refractivity (Wildman–Crippen MR) is 201 cm³/mol. The number of carbonyl (C=O) groups excluding carboxylic acids is 2. The van der Waals surface area contributed by atoms with Gasteiger partial charge in [-0.2, -0.15) is 0 Å². The zero-order valence-corrected chi connectivity index (χ0v) is 31.9. The Morgan fingerprint density at radius 3 is 2.38 bits per heavy atom. The fraction of sp³-hybridized carbons (Fsp3) is 0.667. The van der Waals surface area contributed by atoms with Crippen molar-refractivity contribution in [2.45, 2.75) is 103 Å². The lowest BCUT2D eigenvalue weighted by Crippen LogP contribution is -2.54. The van der Waals surface area contributed by atoms with Crippen molar-refractivity contribution in [3.05, 3.63) is 53.6 Å². The molecule has 1 unspecified atom stereocenters. The highest BCUT2D eigenvalue weighted by Crippen LogP contribution is 2.37. The lowest BCUT2D eigenvalue weighted by Gasteiger charge is -2.41. The van der Waals surface area contributed by atoms with Gasteiger partial charge in [0.1, 0.15) is 24.5 Å². The summed E-state index contributed by atoms with van der Waals surface area (Å²) >= 11 is 0. The van der Waals surface area contributed by atoms with Gasteiger partial charge in [0, 0.05) is 26.2 Å². The van der Waals surface area contributed by atoms with Gasteiger partial charge in [-0.15, -0.1) is 0 Å². The van der Waals surface area contributed by atoms with E-state index in [-0.39, 0.29) is 23.7 Å². The summed E-state index contributed by atoms with van der Waals surface area (Å²) in [4.78, 5) is 32.9. The number of carbonyl (C=O) groups is 2. The first-order valence-corrected chi connectivity index (χ1v) is 19.7. The molecule has 0 aromatic heterocycles. The molecule has 1 saturated carbocycles. The summed E-state index contributed by atoms with van der Waals surface area (Å²) in [5, 5.41) is 11.5. The number of rotatable bonds is 17. The van der Waals surface area contributed by atoms with Gasteiger partial charge in [0.2, 0.25) is 5.91 Å². The quantitative estimate of drug-likeness (QED) is 0.181. The van der Waals surface area contributed by atoms with Crippen molar-refractivity contribution in [1.29, 1.82) is 0 Å². The molecule has 1 amide bonds. The van der Waals surface area contributed by atoms with Crippen molar-refractivity contribution in [3.8, 4) is 17.2 Å². The van der Waals surface area contributed by atoms with Crippen LogP contribution in [0.1, 0.15) is 95.3 Å². The van der Waals surface area contributed by atoms with E-state index >= 15 is 0 Å². The maximum absolute atomic E-state index is 14.5. The van der Waals surface area contributed by atoms with E-state index in [2.05, 4.69) is 18.7 Å². The second kappa shape index (κ2) is 20.2. The Labute approximate surface area is 311 Å². The van der Waals surface area contributed by atoms with Crippen LogP contribution in [0, 0.1) is 17.8 Å². The number of methoxy groups -OCH3 is 2. The summed E-state index contributed by atoms with van der Waals surface area (Å²) in [5.74, 6) is 1.46. The summed E-state index contributed by atoms with van der Waals surface area (Å²) < 4.78 is 29.1. The lowest BCUT2D eigenvalue weighted by molar-refractivity contribution is -0.165. The standard InChI is InChI=1S/C42H62N2O8/c1-30(2)27-36(45)40(32-11-6-5-7-12-32)41(46)44-20-9-8-15-35(44)42(47)52-37(18-16-31-17-19-38(48-3)39(28-31)49-4)33-13-10-14-34(29-33)51-26-23-43-21-24-50-25-22-43/h10,13-14,17,19,28-30,32,35-37,40,45H,5-9,11-12,15-16,18,20-27H2,1-4H3/t35?,36-,37-,40+/m1/s1. The molecule has 5 rings (SSSR count). The molecule has 2 aromatic rings. The van der Waals surface area contributed by atoms with Crippen molar-refractivity contribution in [1.82, 2.24) is 9.80 Å². The van der Waals surface area contributed by atoms with Crippen molar-refractivity contribution >= 4 is 11.9 Å². The topological polar surface area (TPSA) is 107 Å². The fourth-order valence-corrected chi connectivity index (χ4v) is 8.20. The Morgan fingerprint density at radius 2 is 1.65 bits per heavy atom. The number of esters is 1. The molecule has 3 aliphatic rings. The average molecular weight is 723 g/mol. The summed E-state index contributed by atoms with van der Waals surface area (Å²) in [6.45, 7) is 9.30. The number of aliphatic hydroxyl groups excluding tert-OH is 1. The third-order valence-corrected chi connectivity index (χ3v) is 11.0. The van der Waals surface area contributed by atoms with Crippen molar-refractivity contribution < 1.29 is 38.4 Å². The molecule has 1 aliphatic carbocycles. The molecule has 0 bridgehead atoms. The van der Waals surface area contributed by atoms with Gasteiger partial charge >= 0.3 is 5.97 Å². The minimum Gasteiger partial charge on any atom is -0.493 e. The molecule has 1 N–H and O–H groups in total. The van der Waals surface area contributed by atoms with Crippen LogP contribution in [-0.4, -0.2) is 99.1 Å². The Hall–Kier alpha value is -3.34. The molecule has 2 aliphatic heterocycles. The minimum atomic E-state index is -0.727. The second-order valence-corrected chi connectivity index (χ2v) is 15.2. The highest BCUT2D eigenvalue weighted by molar-refractivity contribution is 5.86. The molecule has 2 heterocycles. The highest BCUT2D eigenvalue weighted by Gasteiger charge is 2.43. The lowest BCUT2D eigenvalue weighted by atomic mass is 9.75. The van der Waals surface area contributed by atoms with Crippen molar-refractivity contribution in [2.24, 2.45) is 17.8 Å². The van der Waals surface area contributed by atoms with Gasteiger partial charge in [-0.3, -0.25) is 9.69 Å². The molecule has 2 aromatic carbocycles. The largest absolute Gasteiger partial charge is 0.493 e. The van der Waals surface area contributed by atoms with E-state index in [0.717, 1.165) is 88.2 Å². The maximum atomic E-state index is 14.5. The molecule has 288 valence electrons. The third-order valence-electron chi connectivity index (χ3n) is 11.0. The van der Waals surface area contributed by atoms with Crippen LogP contribution in [0.25, 0.3) is 0 Å². The van der Waals surface area contributed by atoms with E-state index in [4.69, 9.17) is 23.7 Å². The second-order valence-electron chi connectivity index (χ2n) is 15.2. The number of amides is 1. The number of nitrogens with zero attached hydrogens (tertiary/aromatic N) is 2. The van der Waals surface area contributed by atoms with Crippen LogP contribution >= 0.6 is 0 Å².